The predicted octanol–water partition coefficient (Wildman–Crippen LogP) is 3.72. The van der Waals surface area contributed by atoms with Gasteiger partial charge >= 0.3 is 0 Å². The number of para-hydroxylation sites is 1. The van der Waals surface area contributed by atoms with Crippen LogP contribution >= 0.6 is 24.0 Å². The van der Waals surface area contributed by atoms with Crippen molar-refractivity contribution in [3.63, 3.8) is 0 Å². The molecule has 0 bridgehead atoms. The minimum Gasteiger partial charge on any atom is -0.454 e. The first-order valence-corrected chi connectivity index (χ1v) is 9.13. The van der Waals surface area contributed by atoms with E-state index in [2.05, 4.69) is 0 Å². The number of fused-ring (bicyclic) bond motifs is 1. The standard InChI is InChI=1S/C18H12N2O5S2/c21-17-16(8-12-3-1-2-4-13(12)20(22)23)27-18(26)19(17)9-11-5-6-14-15(7-11)25-10-24-14/h1-8H,9-10H2. The smallest absolute Gasteiger partial charge is 0.276 e. The van der Waals surface area contributed by atoms with Crippen LogP contribution in [0, 0.1) is 10.1 Å². The Morgan fingerprint density at radius 3 is 2.81 bits per heavy atom. The summed E-state index contributed by atoms with van der Waals surface area (Å²) in [6.45, 7) is 0.466. The van der Waals surface area contributed by atoms with Gasteiger partial charge in [0, 0.05) is 6.07 Å². The monoisotopic (exact) mass is 400 g/mol. The minimum atomic E-state index is -0.473. The molecule has 2 aliphatic rings. The average molecular weight is 400 g/mol. The van der Waals surface area contributed by atoms with E-state index in [9.17, 15) is 14.9 Å². The summed E-state index contributed by atoms with van der Waals surface area (Å²) in [6.07, 6.45) is 1.51. The lowest BCUT2D eigenvalue weighted by molar-refractivity contribution is -0.385. The van der Waals surface area contributed by atoms with Crippen molar-refractivity contribution in [3.8, 4) is 11.5 Å². The number of ether oxygens (including phenoxy) is 2. The zero-order chi connectivity index (χ0) is 19.0. The maximum atomic E-state index is 12.8. The molecule has 0 aromatic heterocycles. The van der Waals surface area contributed by atoms with E-state index in [0.717, 1.165) is 17.3 Å². The van der Waals surface area contributed by atoms with Crippen LogP contribution in [0.25, 0.3) is 6.08 Å². The van der Waals surface area contributed by atoms with Crippen LogP contribution in [0.2, 0.25) is 0 Å². The van der Waals surface area contributed by atoms with Crippen LogP contribution in [0.3, 0.4) is 0 Å². The van der Waals surface area contributed by atoms with Gasteiger partial charge in [0.1, 0.15) is 4.32 Å². The zero-order valence-corrected chi connectivity index (χ0v) is 15.4. The van der Waals surface area contributed by atoms with Gasteiger partial charge < -0.3 is 9.47 Å². The molecule has 7 nitrogen and oxygen atoms in total. The molecule has 2 heterocycles. The first-order chi connectivity index (χ1) is 13.0. The second-order valence-electron chi connectivity index (χ2n) is 5.77. The third kappa shape index (κ3) is 3.38. The summed E-state index contributed by atoms with van der Waals surface area (Å²) in [4.78, 5) is 25.3. The Bertz CT molecular complexity index is 1000. The van der Waals surface area contributed by atoms with Gasteiger partial charge in [-0.05, 0) is 29.8 Å². The first-order valence-electron chi connectivity index (χ1n) is 7.90. The van der Waals surface area contributed by atoms with Gasteiger partial charge in [-0.15, -0.1) is 0 Å². The van der Waals surface area contributed by atoms with Crippen molar-refractivity contribution in [3.05, 3.63) is 68.6 Å². The van der Waals surface area contributed by atoms with Crippen molar-refractivity contribution in [1.82, 2.24) is 4.90 Å². The number of carbonyl (C=O) groups excluding carboxylic acids is 1. The third-order valence-electron chi connectivity index (χ3n) is 4.07. The van der Waals surface area contributed by atoms with Crippen molar-refractivity contribution in [2.75, 3.05) is 6.79 Å². The quantitative estimate of drug-likeness (QED) is 0.335. The summed E-state index contributed by atoms with van der Waals surface area (Å²) < 4.78 is 11.0. The molecule has 0 spiro atoms. The molecule has 2 aromatic carbocycles. The van der Waals surface area contributed by atoms with Crippen LogP contribution in [0.15, 0.2) is 47.4 Å². The minimum absolute atomic E-state index is 0.0569. The van der Waals surface area contributed by atoms with Crippen LogP contribution in [-0.4, -0.2) is 26.8 Å². The second kappa shape index (κ2) is 7.01. The Labute approximate surface area is 163 Å². The fourth-order valence-corrected chi connectivity index (χ4v) is 4.02. The van der Waals surface area contributed by atoms with E-state index < -0.39 is 4.92 Å². The van der Waals surface area contributed by atoms with Gasteiger partial charge in [-0.25, -0.2) is 0 Å². The van der Waals surface area contributed by atoms with Gasteiger partial charge in [-0.1, -0.05) is 42.2 Å². The molecule has 2 aliphatic heterocycles. The SMILES string of the molecule is O=C1C(=Cc2ccccc2[N+](=O)[O-])SC(=S)N1Cc1ccc2c(c1)OCO2. The molecule has 0 aliphatic carbocycles. The molecule has 0 radical (unpaired) electrons. The highest BCUT2D eigenvalue weighted by Gasteiger charge is 2.33. The molecular weight excluding hydrogens is 388 g/mol. The first kappa shape index (κ1) is 17.5. The number of hydrogen-bond donors (Lipinski definition) is 0. The van der Waals surface area contributed by atoms with Crippen LogP contribution in [0.1, 0.15) is 11.1 Å². The van der Waals surface area contributed by atoms with Gasteiger partial charge in [-0.3, -0.25) is 19.8 Å². The predicted molar refractivity (Wildman–Crippen MR) is 104 cm³/mol. The molecule has 1 saturated heterocycles. The Balaban J connectivity index is 1.58. The normalized spacial score (nSPS) is 17.0. The molecular formula is C18H12N2O5S2. The van der Waals surface area contributed by atoms with E-state index in [1.54, 1.807) is 24.3 Å². The number of thioether (sulfide) groups is 1. The van der Waals surface area contributed by atoms with Crippen molar-refractivity contribution in [1.29, 1.82) is 0 Å². The highest BCUT2D eigenvalue weighted by atomic mass is 32.2. The number of hydrogen-bond acceptors (Lipinski definition) is 7. The number of nitro groups is 1. The molecule has 4 rings (SSSR count). The summed E-state index contributed by atoms with van der Waals surface area (Å²) in [5.41, 5.74) is 1.16. The topological polar surface area (TPSA) is 81.9 Å². The van der Waals surface area contributed by atoms with E-state index >= 15 is 0 Å². The third-order valence-corrected chi connectivity index (χ3v) is 5.45. The molecule has 0 saturated carbocycles. The van der Waals surface area contributed by atoms with Crippen molar-refractivity contribution in [2.45, 2.75) is 6.54 Å². The second-order valence-corrected chi connectivity index (χ2v) is 7.45. The van der Waals surface area contributed by atoms with E-state index in [0.29, 0.717) is 26.3 Å². The van der Waals surface area contributed by atoms with Crippen LogP contribution < -0.4 is 9.47 Å². The van der Waals surface area contributed by atoms with E-state index in [1.165, 1.54) is 17.0 Å². The number of benzene rings is 2. The maximum Gasteiger partial charge on any atom is 0.276 e. The van der Waals surface area contributed by atoms with Crippen LogP contribution in [0.4, 0.5) is 5.69 Å². The summed E-state index contributed by atoms with van der Waals surface area (Å²) in [6, 6.07) is 11.7. The van der Waals surface area contributed by atoms with Crippen LogP contribution in [0.5, 0.6) is 11.5 Å². The van der Waals surface area contributed by atoms with Crippen molar-refractivity contribution >= 4 is 46.0 Å². The Morgan fingerprint density at radius 1 is 1.22 bits per heavy atom. The Hall–Kier alpha value is -2.91. The molecule has 1 fully saturated rings. The highest BCUT2D eigenvalue weighted by Crippen LogP contribution is 2.37. The van der Waals surface area contributed by atoms with Crippen molar-refractivity contribution < 1.29 is 19.2 Å². The largest absolute Gasteiger partial charge is 0.454 e. The number of carbonyl (C=O) groups is 1. The van der Waals surface area contributed by atoms with E-state index in [4.69, 9.17) is 21.7 Å². The number of nitro benzene ring substituents is 1. The lowest BCUT2D eigenvalue weighted by atomic mass is 10.1. The molecule has 136 valence electrons. The van der Waals surface area contributed by atoms with E-state index in [-0.39, 0.29) is 24.9 Å². The lowest BCUT2D eigenvalue weighted by Gasteiger charge is -2.14. The lowest BCUT2D eigenvalue weighted by Crippen LogP contribution is -2.27. The summed E-state index contributed by atoms with van der Waals surface area (Å²) >= 11 is 6.46. The number of thiocarbonyl (C=S) groups is 1. The molecule has 0 atom stereocenters. The summed E-state index contributed by atoms with van der Waals surface area (Å²) in [7, 11) is 0. The molecule has 9 heteroatoms. The Morgan fingerprint density at radius 2 is 2.00 bits per heavy atom. The Kier molecular flexibility index (Phi) is 4.54. The average Bonchev–Trinajstić information content (AvgIpc) is 3.22. The fraction of sp³-hybridized carbons (Fsp3) is 0.111. The highest BCUT2D eigenvalue weighted by molar-refractivity contribution is 8.26. The van der Waals surface area contributed by atoms with Gasteiger partial charge in [0.25, 0.3) is 11.6 Å². The molecule has 0 unspecified atom stereocenters. The molecule has 2 aromatic rings. The zero-order valence-electron chi connectivity index (χ0n) is 13.8. The molecule has 27 heavy (non-hydrogen) atoms. The summed E-state index contributed by atoms with van der Waals surface area (Å²) in [5, 5.41) is 11.2. The van der Waals surface area contributed by atoms with Gasteiger partial charge in [0.2, 0.25) is 6.79 Å². The number of nitrogens with zero attached hydrogens (tertiary/aromatic N) is 2. The van der Waals surface area contributed by atoms with Gasteiger partial charge in [0.15, 0.2) is 11.5 Å². The van der Waals surface area contributed by atoms with Gasteiger partial charge in [-0.2, -0.15) is 0 Å². The molecule has 0 N–H and O–H groups in total. The number of rotatable bonds is 4. The van der Waals surface area contributed by atoms with E-state index in [1.807, 2.05) is 12.1 Å². The van der Waals surface area contributed by atoms with Gasteiger partial charge in [0.05, 0.1) is 21.9 Å². The molecule has 1 amide bonds. The van der Waals surface area contributed by atoms with Crippen LogP contribution in [-0.2, 0) is 11.3 Å². The summed E-state index contributed by atoms with van der Waals surface area (Å²) in [5.74, 6) is 1.02. The number of amides is 1. The fourth-order valence-electron chi connectivity index (χ4n) is 2.78. The van der Waals surface area contributed by atoms with Crippen molar-refractivity contribution in [2.24, 2.45) is 0 Å². The maximum absolute atomic E-state index is 12.8.